The fourth-order valence-electron chi connectivity index (χ4n) is 7.83. The number of hydrogen-bond acceptors (Lipinski definition) is 1. The molecule has 0 saturated carbocycles. The van der Waals surface area contributed by atoms with Gasteiger partial charge in [-0.25, -0.2) is 0 Å². The topological polar surface area (TPSA) is 25.8 Å². The molecule has 6 aromatic heterocycles. The van der Waals surface area contributed by atoms with Gasteiger partial charge in [0.15, 0.2) is 23.5 Å². The van der Waals surface area contributed by atoms with Crippen LogP contribution in [0.25, 0.3) is 54.6 Å². The number of benzene rings is 2. The van der Waals surface area contributed by atoms with Crippen molar-refractivity contribution in [2.75, 3.05) is 0 Å². The highest BCUT2D eigenvalue weighted by atomic mass is 16.5. The number of ether oxygens (including phenoxy) is 1. The number of rotatable bonds is 0. The highest BCUT2D eigenvalue weighted by molar-refractivity contribution is 6.17. The van der Waals surface area contributed by atoms with Crippen molar-refractivity contribution in [1.82, 2.24) is 8.80 Å². The fraction of sp³-hybridized carbons (Fsp3) is 0.0323. The lowest BCUT2D eigenvalue weighted by atomic mass is 9.86. The third kappa shape index (κ3) is 1.38. The third-order valence-electron chi connectivity index (χ3n) is 8.94. The number of aromatic nitrogens is 4. The molecule has 0 amide bonds. The van der Waals surface area contributed by atoms with E-state index in [4.69, 9.17) is 4.74 Å². The van der Waals surface area contributed by atoms with Crippen molar-refractivity contribution >= 4 is 54.6 Å². The summed E-state index contributed by atoms with van der Waals surface area (Å²) in [4.78, 5) is 0. The molecule has 0 radical (unpaired) electrons. The molecule has 3 aliphatic heterocycles. The average Bonchev–Trinajstić information content (AvgIpc) is 3.70. The standard InChI is InChI=1S/C31H16N4O/c1-5-19-17-9-11-23-27-25(17)29-21(32(19)13-1)7-3-15-34(29)31(27)28-24(36-23)12-10-18-20-6-2-14-33(20)22-8-4-16-35(31)30(22)26(18)28/h1-16H/q+2. The third-order valence-corrected chi connectivity index (χ3v) is 8.94. The quantitative estimate of drug-likeness (QED) is 0.220. The van der Waals surface area contributed by atoms with E-state index >= 15 is 0 Å². The van der Waals surface area contributed by atoms with E-state index in [1.807, 2.05) is 0 Å². The monoisotopic (exact) mass is 460 g/mol. The van der Waals surface area contributed by atoms with Crippen LogP contribution in [0.5, 0.6) is 11.5 Å². The molecular weight excluding hydrogens is 444 g/mol. The normalized spacial score (nSPS) is 15.7. The zero-order chi connectivity index (χ0) is 22.9. The lowest BCUT2D eigenvalue weighted by molar-refractivity contribution is -0.945. The van der Waals surface area contributed by atoms with Crippen LogP contribution in [-0.4, -0.2) is 8.80 Å². The second kappa shape index (κ2) is 4.90. The molecule has 0 fully saturated rings. The van der Waals surface area contributed by atoms with Gasteiger partial charge in [-0.3, -0.25) is 0 Å². The average molecular weight is 460 g/mol. The molecule has 2 aromatic carbocycles. The summed E-state index contributed by atoms with van der Waals surface area (Å²) in [6, 6.07) is 26.4. The Labute approximate surface area is 203 Å². The van der Waals surface area contributed by atoms with Crippen LogP contribution in [0.15, 0.2) is 97.6 Å². The minimum absolute atomic E-state index is 0.537. The Hall–Kier alpha value is -4.90. The minimum Gasteiger partial charge on any atom is -0.456 e. The van der Waals surface area contributed by atoms with E-state index in [1.165, 1.54) is 65.8 Å². The molecule has 5 heteroatoms. The molecule has 8 aromatic rings. The Balaban J connectivity index is 1.52. The molecule has 3 aliphatic rings. The molecule has 9 heterocycles. The molecule has 5 nitrogen and oxygen atoms in total. The number of fused-ring (bicyclic) bond motifs is 6. The summed E-state index contributed by atoms with van der Waals surface area (Å²) in [6.45, 7) is 0. The largest absolute Gasteiger partial charge is 0.456 e. The van der Waals surface area contributed by atoms with Crippen molar-refractivity contribution in [2.24, 2.45) is 0 Å². The predicted molar refractivity (Wildman–Crippen MR) is 137 cm³/mol. The van der Waals surface area contributed by atoms with E-state index in [-0.39, 0.29) is 0 Å². The predicted octanol–water partition coefficient (Wildman–Crippen LogP) is 5.41. The number of hydrogen-bond donors (Lipinski definition) is 0. The first-order valence-corrected chi connectivity index (χ1v) is 12.4. The van der Waals surface area contributed by atoms with Gasteiger partial charge in [0.05, 0.1) is 21.8 Å². The van der Waals surface area contributed by atoms with Crippen LogP contribution in [-0.2, 0) is 5.66 Å². The molecule has 0 unspecified atom stereocenters. The van der Waals surface area contributed by atoms with E-state index in [1.54, 1.807) is 0 Å². The van der Waals surface area contributed by atoms with Gasteiger partial charge in [0.2, 0.25) is 11.0 Å². The van der Waals surface area contributed by atoms with E-state index < -0.39 is 5.66 Å². The van der Waals surface area contributed by atoms with Crippen molar-refractivity contribution in [3.05, 3.63) is 109 Å². The van der Waals surface area contributed by atoms with Crippen molar-refractivity contribution in [2.45, 2.75) is 5.66 Å². The first-order valence-electron chi connectivity index (χ1n) is 12.4. The maximum absolute atomic E-state index is 6.75. The minimum atomic E-state index is -0.537. The van der Waals surface area contributed by atoms with Crippen LogP contribution < -0.4 is 13.9 Å². The second-order valence-corrected chi connectivity index (χ2v) is 10.2. The maximum Gasteiger partial charge on any atom is 0.425 e. The molecule has 164 valence electrons. The number of nitrogens with zero attached hydrogens (tertiary/aromatic N) is 4. The van der Waals surface area contributed by atoms with Crippen LogP contribution in [0.1, 0.15) is 11.1 Å². The Morgan fingerprint density at radius 3 is 1.58 bits per heavy atom. The second-order valence-electron chi connectivity index (χ2n) is 10.2. The molecule has 0 bridgehead atoms. The zero-order valence-corrected chi connectivity index (χ0v) is 18.9. The zero-order valence-electron chi connectivity index (χ0n) is 18.9. The first-order chi connectivity index (χ1) is 17.9. The summed E-state index contributed by atoms with van der Waals surface area (Å²) >= 11 is 0. The van der Waals surface area contributed by atoms with Crippen LogP contribution in [0, 0.1) is 0 Å². The SMILES string of the molecule is c1cc2c3ccc4c5c3c3c(ccc[n+]3C53c5c(ccc6c5c5c(ccc[n+]53)n3cccc63)O4)n2c1. The summed E-state index contributed by atoms with van der Waals surface area (Å²) in [6.07, 6.45) is 8.88. The molecule has 0 aliphatic carbocycles. The van der Waals surface area contributed by atoms with Crippen molar-refractivity contribution in [3.63, 3.8) is 0 Å². The summed E-state index contributed by atoms with van der Waals surface area (Å²) in [5.41, 5.74) is 9.36. The van der Waals surface area contributed by atoms with Gasteiger partial charge >= 0.3 is 5.66 Å². The van der Waals surface area contributed by atoms with E-state index in [0.29, 0.717) is 0 Å². The summed E-state index contributed by atoms with van der Waals surface area (Å²) < 4.78 is 16.4. The molecule has 11 rings (SSSR count). The Morgan fingerprint density at radius 1 is 0.556 bits per heavy atom. The molecule has 0 N–H and O–H groups in total. The van der Waals surface area contributed by atoms with Crippen molar-refractivity contribution in [1.29, 1.82) is 0 Å². The molecule has 1 spiro atoms. The summed E-state index contributed by atoms with van der Waals surface area (Å²) in [5, 5.41) is 5.11. The Kier molecular flexibility index (Phi) is 2.27. The molecule has 36 heavy (non-hydrogen) atoms. The molecular formula is C31H16N4O+2. The molecule has 0 atom stereocenters. The van der Waals surface area contributed by atoms with Gasteiger partial charge in [-0.15, -0.1) is 9.13 Å². The van der Waals surface area contributed by atoms with Crippen molar-refractivity contribution < 1.29 is 13.9 Å². The van der Waals surface area contributed by atoms with E-state index in [9.17, 15) is 0 Å². The molecule has 0 saturated heterocycles. The van der Waals surface area contributed by atoms with Crippen molar-refractivity contribution in [3.8, 4) is 11.5 Å². The van der Waals surface area contributed by atoms with E-state index in [0.717, 1.165) is 11.5 Å². The van der Waals surface area contributed by atoms with Crippen LogP contribution >= 0.6 is 0 Å². The van der Waals surface area contributed by atoms with Gasteiger partial charge in [-0.2, -0.15) is 0 Å². The fourth-order valence-corrected chi connectivity index (χ4v) is 7.83. The van der Waals surface area contributed by atoms with Gasteiger partial charge in [0, 0.05) is 35.3 Å². The van der Waals surface area contributed by atoms with Gasteiger partial charge < -0.3 is 13.5 Å². The van der Waals surface area contributed by atoms with E-state index in [2.05, 4.69) is 116 Å². The van der Waals surface area contributed by atoms with Crippen LogP contribution in [0.4, 0.5) is 0 Å². The summed E-state index contributed by atoms with van der Waals surface area (Å²) in [7, 11) is 0. The lowest BCUT2D eigenvalue weighted by Gasteiger charge is -2.26. The van der Waals surface area contributed by atoms with Crippen LogP contribution in [0.3, 0.4) is 0 Å². The number of pyridine rings is 4. The lowest BCUT2D eigenvalue weighted by Crippen LogP contribution is -2.72. The maximum atomic E-state index is 6.75. The highest BCUT2D eigenvalue weighted by Crippen LogP contribution is 2.57. The smallest absolute Gasteiger partial charge is 0.425 e. The van der Waals surface area contributed by atoms with Gasteiger partial charge in [0.1, 0.15) is 22.5 Å². The van der Waals surface area contributed by atoms with Gasteiger partial charge in [-0.05, 0) is 60.7 Å². The first kappa shape index (κ1) is 16.7. The van der Waals surface area contributed by atoms with Gasteiger partial charge in [0.25, 0.3) is 0 Å². The highest BCUT2D eigenvalue weighted by Gasteiger charge is 2.69. The summed E-state index contributed by atoms with van der Waals surface area (Å²) in [5.74, 6) is 1.89. The Bertz CT molecular complexity index is 2240. The van der Waals surface area contributed by atoms with Gasteiger partial charge in [-0.1, -0.05) is 0 Å². The Morgan fingerprint density at radius 2 is 1.06 bits per heavy atom. The van der Waals surface area contributed by atoms with Crippen LogP contribution in [0.2, 0.25) is 0 Å².